The molecule has 0 atom stereocenters. The fourth-order valence-corrected chi connectivity index (χ4v) is 3.25. The monoisotopic (exact) mass is 513 g/mol. The number of carbonyl (C=O) groups is 2. The third-order valence-electron chi connectivity index (χ3n) is 5.13. The van der Waals surface area contributed by atoms with Gasteiger partial charge in [0, 0.05) is 31.4 Å². The summed E-state index contributed by atoms with van der Waals surface area (Å²) in [6.07, 6.45) is -2.46. The Bertz CT molecular complexity index is 1380. The molecule has 0 saturated carbocycles. The van der Waals surface area contributed by atoms with Gasteiger partial charge in [0.05, 0.1) is 16.8 Å². The summed E-state index contributed by atoms with van der Waals surface area (Å²) in [6, 6.07) is 11.2. The first-order valence-corrected chi connectivity index (χ1v) is 11.2. The van der Waals surface area contributed by atoms with Gasteiger partial charge in [0.1, 0.15) is 5.69 Å². The summed E-state index contributed by atoms with van der Waals surface area (Å²) in [5.41, 5.74) is -0.878. The molecular weight excluding hydrogens is 491 g/mol. The maximum atomic E-state index is 13.5. The van der Waals surface area contributed by atoms with E-state index in [0.717, 1.165) is 10.9 Å². The molecule has 1 aromatic carbocycles. The number of hydrogen-bond acceptors (Lipinski definition) is 7. The lowest BCUT2D eigenvalue weighted by atomic mass is 10.2. The van der Waals surface area contributed by atoms with Crippen LogP contribution < -0.4 is 10.6 Å². The number of hydrogen-bond donors (Lipinski definition) is 2. The summed E-state index contributed by atoms with van der Waals surface area (Å²) in [7, 11) is 0. The van der Waals surface area contributed by atoms with Crippen LogP contribution in [-0.4, -0.2) is 49.8 Å². The van der Waals surface area contributed by atoms with Crippen molar-refractivity contribution in [3.05, 3.63) is 77.6 Å². The van der Waals surface area contributed by atoms with Gasteiger partial charge in [0.25, 0.3) is 11.8 Å². The van der Waals surface area contributed by atoms with Crippen LogP contribution >= 0.6 is 0 Å². The number of halogens is 3. The Hall–Kier alpha value is -4.55. The predicted molar refractivity (Wildman–Crippen MR) is 125 cm³/mol. The van der Waals surface area contributed by atoms with E-state index in [4.69, 9.17) is 4.52 Å². The highest BCUT2D eigenvalue weighted by Crippen LogP contribution is 2.31. The molecule has 2 N–H and O–H groups in total. The minimum atomic E-state index is -4.82. The quantitative estimate of drug-likeness (QED) is 0.345. The van der Waals surface area contributed by atoms with Crippen LogP contribution in [0.4, 0.5) is 13.2 Å². The maximum Gasteiger partial charge on any atom is 0.435 e. The van der Waals surface area contributed by atoms with Crippen LogP contribution in [0.1, 0.15) is 52.1 Å². The Morgan fingerprint density at radius 2 is 1.73 bits per heavy atom. The summed E-state index contributed by atoms with van der Waals surface area (Å²) < 4.78 is 46.5. The topological polar surface area (TPSA) is 128 Å². The summed E-state index contributed by atoms with van der Waals surface area (Å²) in [5, 5.41) is 12.4. The number of rotatable bonds is 8. The second-order valence-corrected chi connectivity index (χ2v) is 8.22. The molecule has 0 fully saturated rings. The number of para-hydroxylation sites is 1. The Morgan fingerprint density at radius 3 is 2.32 bits per heavy atom. The van der Waals surface area contributed by atoms with Gasteiger partial charge in [0.15, 0.2) is 5.69 Å². The second-order valence-electron chi connectivity index (χ2n) is 8.22. The first-order valence-electron chi connectivity index (χ1n) is 11.2. The molecule has 37 heavy (non-hydrogen) atoms. The zero-order chi connectivity index (χ0) is 26.6. The third kappa shape index (κ3) is 6.00. The van der Waals surface area contributed by atoms with Gasteiger partial charge in [-0.2, -0.15) is 23.3 Å². The standard InChI is InChI=1S/C24H22F3N7O3/c1-14(2)23-31-20(33-37-23)18-9-8-15(12-30-18)21(35)28-10-11-29-22(36)17-13-34(16-6-4-3-5-7-16)32-19(17)24(25,26)27/h3-9,12-14H,10-11H2,1-2H3,(H,28,35)(H,29,36). The molecule has 0 bridgehead atoms. The highest BCUT2D eigenvalue weighted by Gasteiger charge is 2.39. The van der Waals surface area contributed by atoms with Gasteiger partial charge in [-0.05, 0) is 24.3 Å². The first kappa shape index (κ1) is 25.5. The number of carbonyl (C=O) groups excluding carboxylic acids is 2. The molecule has 13 heteroatoms. The summed E-state index contributed by atoms with van der Waals surface area (Å²) >= 11 is 0. The van der Waals surface area contributed by atoms with Crippen LogP contribution in [0, 0.1) is 0 Å². The van der Waals surface area contributed by atoms with Gasteiger partial charge < -0.3 is 15.2 Å². The van der Waals surface area contributed by atoms with Crippen LogP contribution in [0.3, 0.4) is 0 Å². The molecule has 0 saturated heterocycles. The zero-order valence-corrected chi connectivity index (χ0v) is 19.8. The lowest BCUT2D eigenvalue weighted by Crippen LogP contribution is -2.35. The second kappa shape index (κ2) is 10.6. The van der Waals surface area contributed by atoms with Crippen LogP contribution in [0.25, 0.3) is 17.2 Å². The normalized spacial score (nSPS) is 11.5. The maximum absolute atomic E-state index is 13.5. The molecule has 0 aliphatic carbocycles. The number of nitrogens with one attached hydrogen (secondary N) is 2. The average molecular weight is 513 g/mol. The molecule has 0 radical (unpaired) electrons. The minimum Gasteiger partial charge on any atom is -0.350 e. The summed E-state index contributed by atoms with van der Waals surface area (Å²) in [5.74, 6) is -0.609. The summed E-state index contributed by atoms with van der Waals surface area (Å²) in [4.78, 5) is 33.3. The van der Waals surface area contributed by atoms with E-state index < -0.39 is 29.2 Å². The third-order valence-corrected chi connectivity index (χ3v) is 5.13. The molecule has 192 valence electrons. The SMILES string of the molecule is CC(C)c1nc(-c2ccc(C(=O)NCCNC(=O)c3cn(-c4ccccc4)nc3C(F)(F)F)cn2)no1. The number of aromatic nitrogens is 5. The number of amides is 2. The van der Waals surface area contributed by atoms with Gasteiger partial charge in [-0.1, -0.05) is 37.2 Å². The molecule has 0 spiro atoms. The van der Waals surface area contributed by atoms with Crippen LogP contribution in [0.5, 0.6) is 0 Å². The van der Waals surface area contributed by atoms with Crippen molar-refractivity contribution in [1.29, 1.82) is 0 Å². The Labute approximate surface area is 208 Å². The molecule has 10 nitrogen and oxygen atoms in total. The highest BCUT2D eigenvalue weighted by atomic mass is 19.4. The molecule has 0 aliphatic rings. The molecule has 3 aromatic heterocycles. The minimum absolute atomic E-state index is 0.0247. The Morgan fingerprint density at radius 1 is 1.03 bits per heavy atom. The van der Waals surface area contributed by atoms with Crippen molar-refractivity contribution in [3.63, 3.8) is 0 Å². The van der Waals surface area contributed by atoms with Crippen molar-refractivity contribution in [1.82, 2.24) is 35.5 Å². The number of nitrogens with zero attached hydrogens (tertiary/aromatic N) is 5. The van der Waals surface area contributed by atoms with Crippen molar-refractivity contribution < 1.29 is 27.3 Å². The number of pyridine rings is 1. The van der Waals surface area contributed by atoms with E-state index in [-0.39, 0.29) is 24.6 Å². The van der Waals surface area contributed by atoms with Gasteiger partial charge >= 0.3 is 6.18 Å². The van der Waals surface area contributed by atoms with Gasteiger partial charge in [-0.15, -0.1) is 0 Å². The highest BCUT2D eigenvalue weighted by molar-refractivity contribution is 5.96. The molecule has 2 amide bonds. The van der Waals surface area contributed by atoms with Gasteiger partial charge in [-0.25, -0.2) is 4.68 Å². The van der Waals surface area contributed by atoms with Crippen molar-refractivity contribution in [2.24, 2.45) is 0 Å². The average Bonchev–Trinajstić information content (AvgIpc) is 3.55. The van der Waals surface area contributed by atoms with E-state index in [1.54, 1.807) is 36.4 Å². The van der Waals surface area contributed by atoms with Crippen molar-refractivity contribution in [2.45, 2.75) is 25.9 Å². The molecule has 0 aliphatic heterocycles. The van der Waals surface area contributed by atoms with E-state index in [0.29, 0.717) is 23.1 Å². The zero-order valence-electron chi connectivity index (χ0n) is 19.8. The van der Waals surface area contributed by atoms with Gasteiger partial charge in [-0.3, -0.25) is 14.6 Å². The van der Waals surface area contributed by atoms with Crippen LogP contribution in [0.2, 0.25) is 0 Å². The number of benzene rings is 1. The molecule has 0 unspecified atom stereocenters. The van der Waals surface area contributed by atoms with E-state index in [2.05, 4.69) is 30.9 Å². The predicted octanol–water partition coefficient (Wildman–Crippen LogP) is 3.62. The first-order chi connectivity index (χ1) is 17.6. The number of alkyl halides is 3. The van der Waals surface area contributed by atoms with E-state index in [9.17, 15) is 22.8 Å². The fourth-order valence-electron chi connectivity index (χ4n) is 3.25. The van der Waals surface area contributed by atoms with E-state index in [1.807, 2.05) is 13.8 Å². The molecule has 4 aromatic rings. The Kier molecular flexibility index (Phi) is 7.32. The van der Waals surface area contributed by atoms with Crippen LogP contribution in [0.15, 0.2) is 59.4 Å². The van der Waals surface area contributed by atoms with Crippen molar-refractivity contribution >= 4 is 11.8 Å². The van der Waals surface area contributed by atoms with Crippen molar-refractivity contribution in [3.8, 4) is 17.2 Å². The smallest absolute Gasteiger partial charge is 0.350 e. The van der Waals surface area contributed by atoms with Gasteiger partial charge in [0.2, 0.25) is 11.7 Å². The summed E-state index contributed by atoms with van der Waals surface area (Å²) in [6.45, 7) is 3.69. The van der Waals surface area contributed by atoms with Crippen molar-refractivity contribution in [2.75, 3.05) is 13.1 Å². The van der Waals surface area contributed by atoms with E-state index in [1.165, 1.54) is 12.3 Å². The molecule has 3 heterocycles. The van der Waals surface area contributed by atoms with Crippen LogP contribution in [-0.2, 0) is 6.18 Å². The fraction of sp³-hybridized carbons (Fsp3) is 0.250. The molecule has 4 rings (SSSR count). The Balaban J connectivity index is 1.33. The molecular formula is C24H22F3N7O3. The largest absolute Gasteiger partial charge is 0.435 e. The lowest BCUT2D eigenvalue weighted by Gasteiger charge is -2.08. The lowest BCUT2D eigenvalue weighted by molar-refractivity contribution is -0.141. The van der Waals surface area contributed by atoms with E-state index >= 15 is 0 Å².